The van der Waals surface area contributed by atoms with Gasteiger partial charge in [-0.05, 0) is 29.7 Å². The molecule has 0 aliphatic carbocycles. The van der Waals surface area contributed by atoms with Gasteiger partial charge in [-0.15, -0.1) is 11.3 Å². The van der Waals surface area contributed by atoms with E-state index < -0.39 is 0 Å². The number of para-hydroxylation sites is 2. The van der Waals surface area contributed by atoms with Gasteiger partial charge in [0, 0.05) is 47.1 Å². The minimum atomic E-state index is 1.27. The predicted octanol–water partition coefficient (Wildman–Crippen LogP) is 9.51. The molecule has 0 atom stereocenters. The molecule has 34 heavy (non-hydrogen) atoms. The van der Waals surface area contributed by atoms with Gasteiger partial charge in [-0.1, -0.05) is 66.7 Å². The summed E-state index contributed by atoms with van der Waals surface area (Å²) in [7, 11) is 0. The Balaban J connectivity index is 1.79. The molecule has 9 rings (SSSR count). The summed E-state index contributed by atoms with van der Waals surface area (Å²) in [5.74, 6) is 0. The second-order valence-corrected chi connectivity index (χ2v) is 11.2. The smallest absolute Gasteiger partial charge is 0.0704 e. The minimum absolute atomic E-state index is 1.27. The molecule has 2 nitrogen and oxygen atoms in total. The molecule has 0 saturated carbocycles. The highest BCUT2D eigenvalue weighted by Gasteiger charge is 2.23. The van der Waals surface area contributed by atoms with Crippen LogP contribution in [0.15, 0.2) is 91.0 Å². The summed E-state index contributed by atoms with van der Waals surface area (Å²) in [6, 6.07) is 33.7. The number of halogens is 1. The third-order valence-electron chi connectivity index (χ3n) is 7.55. The number of rotatable bonds is 0. The summed E-state index contributed by atoms with van der Waals surface area (Å²) in [6.45, 7) is 0. The van der Waals surface area contributed by atoms with Gasteiger partial charge in [-0.25, -0.2) is 0 Å². The van der Waals surface area contributed by atoms with Gasteiger partial charge in [0.1, 0.15) is 0 Å². The predicted molar refractivity (Wildman–Crippen MR) is 156 cm³/mol. The fourth-order valence-corrected chi connectivity index (χ4v) is 8.30. The van der Waals surface area contributed by atoms with E-state index in [1.165, 1.54) is 80.1 Å². The lowest BCUT2D eigenvalue weighted by molar-refractivity contribution is 1.36. The number of nitrogens with zero attached hydrogens (tertiary/aromatic N) is 2. The van der Waals surface area contributed by atoms with Crippen LogP contribution in [0.5, 0.6) is 0 Å². The molecule has 0 unspecified atom stereocenters. The first kappa shape index (κ1) is 18.0. The lowest BCUT2D eigenvalue weighted by Gasteiger charge is -2.05. The average molecular weight is 562 g/mol. The number of thiophene rings is 1. The highest BCUT2D eigenvalue weighted by molar-refractivity contribution is 14.1. The van der Waals surface area contributed by atoms with Crippen molar-refractivity contribution in [3.8, 4) is 0 Å². The number of benzene rings is 5. The average Bonchev–Trinajstić information content (AvgIpc) is 3.48. The van der Waals surface area contributed by atoms with E-state index in [-0.39, 0.29) is 0 Å². The van der Waals surface area contributed by atoms with Crippen molar-refractivity contribution in [1.82, 2.24) is 7.18 Å². The lowest BCUT2D eigenvalue weighted by atomic mass is 10.0. The summed E-state index contributed by atoms with van der Waals surface area (Å²) >= 11 is 4.42. The van der Waals surface area contributed by atoms with Gasteiger partial charge in [-0.2, -0.15) is 0 Å². The molecule has 158 valence electrons. The number of hydrogen-bond acceptors (Lipinski definition) is 1. The quantitative estimate of drug-likeness (QED) is 0.163. The Morgan fingerprint density at radius 3 is 2.09 bits per heavy atom. The summed E-state index contributed by atoms with van der Waals surface area (Å²) in [4.78, 5) is 0. The van der Waals surface area contributed by atoms with Crippen LogP contribution in [-0.2, 0) is 0 Å². The van der Waals surface area contributed by atoms with Crippen molar-refractivity contribution in [1.29, 1.82) is 0 Å². The van der Waals surface area contributed by atoms with E-state index in [0.29, 0.717) is 0 Å². The van der Waals surface area contributed by atoms with Crippen molar-refractivity contribution < 1.29 is 0 Å². The molecule has 4 aromatic heterocycles. The number of hydrogen-bond donors (Lipinski definition) is 0. The lowest BCUT2D eigenvalue weighted by Crippen LogP contribution is -1.87. The van der Waals surface area contributed by atoms with Gasteiger partial charge < -0.3 is 4.40 Å². The van der Waals surface area contributed by atoms with Crippen molar-refractivity contribution in [3.05, 3.63) is 91.0 Å². The first-order valence-corrected chi connectivity index (χ1v) is 13.2. The fourth-order valence-electron chi connectivity index (χ4n) is 6.27. The van der Waals surface area contributed by atoms with Crippen molar-refractivity contribution in [2.24, 2.45) is 0 Å². The highest BCUT2D eigenvalue weighted by Crippen LogP contribution is 2.48. The molecule has 0 fully saturated rings. The maximum absolute atomic E-state index is 2.53. The molecule has 0 amide bonds. The minimum Gasteiger partial charge on any atom is -0.308 e. The van der Waals surface area contributed by atoms with Crippen LogP contribution in [0.3, 0.4) is 0 Å². The highest BCUT2D eigenvalue weighted by atomic mass is 127. The van der Waals surface area contributed by atoms with Gasteiger partial charge in [0.2, 0.25) is 0 Å². The first-order chi connectivity index (χ1) is 16.8. The van der Waals surface area contributed by atoms with E-state index >= 15 is 0 Å². The van der Waals surface area contributed by atoms with Gasteiger partial charge in [-0.3, -0.25) is 2.78 Å². The normalized spacial score (nSPS) is 12.9. The molecule has 0 bridgehead atoms. The third kappa shape index (κ3) is 1.93. The zero-order valence-corrected chi connectivity index (χ0v) is 20.8. The molecule has 0 aliphatic heterocycles. The molecule has 4 heteroatoms. The number of fused-ring (bicyclic) bond motifs is 9. The summed E-state index contributed by atoms with van der Waals surface area (Å²) in [5, 5.41) is 10.7. The summed E-state index contributed by atoms with van der Waals surface area (Å²) < 4.78 is 7.62. The molecular formula is C30H15IN2S. The molecule has 0 N–H and O–H groups in total. The molecule has 9 aromatic rings. The molecule has 0 spiro atoms. The van der Waals surface area contributed by atoms with Gasteiger partial charge in [0.05, 0.1) is 50.4 Å². The fraction of sp³-hybridized carbons (Fsp3) is 0. The molecular weight excluding hydrogens is 547 g/mol. The van der Waals surface area contributed by atoms with Gasteiger partial charge in [0.25, 0.3) is 0 Å². The van der Waals surface area contributed by atoms with Crippen LogP contribution in [0.2, 0.25) is 0 Å². The van der Waals surface area contributed by atoms with Crippen molar-refractivity contribution in [3.63, 3.8) is 0 Å². The Hall–Kier alpha value is -3.35. The van der Waals surface area contributed by atoms with Gasteiger partial charge >= 0.3 is 0 Å². The maximum atomic E-state index is 2.53. The SMILES string of the molecule is In1c2cccc3c4cccc5c6ccccc6n(c6cc7sc8ccccc8c7c1c6c32)c45. The van der Waals surface area contributed by atoms with E-state index in [4.69, 9.17) is 0 Å². The van der Waals surface area contributed by atoms with Crippen LogP contribution in [0.4, 0.5) is 0 Å². The maximum Gasteiger partial charge on any atom is 0.0704 e. The third-order valence-corrected chi connectivity index (χ3v) is 9.67. The summed E-state index contributed by atoms with van der Waals surface area (Å²) in [5.41, 5.74) is 6.48. The molecule has 0 radical (unpaired) electrons. The second kappa shape index (κ2) is 6.01. The Kier molecular flexibility index (Phi) is 3.19. The molecule has 4 heterocycles. The van der Waals surface area contributed by atoms with Crippen LogP contribution in [0.25, 0.3) is 80.1 Å². The van der Waals surface area contributed by atoms with E-state index in [1.807, 2.05) is 11.3 Å². The van der Waals surface area contributed by atoms with E-state index in [1.54, 1.807) is 0 Å². The largest absolute Gasteiger partial charge is 0.308 e. The topological polar surface area (TPSA) is 9.34 Å². The van der Waals surface area contributed by atoms with E-state index in [9.17, 15) is 0 Å². The Bertz CT molecular complexity index is 2300. The van der Waals surface area contributed by atoms with E-state index in [2.05, 4.69) is 121 Å². The second-order valence-electron chi connectivity index (χ2n) is 9.13. The van der Waals surface area contributed by atoms with Gasteiger partial charge in [0.15, 0.2) is 0 Å². The van der Waals surface area contributed by atoms with Crippen LogP contribution in [-0.4, -0.2) is 7.18 Å². The Morgan fingerprint density at radius 2 is 1.18 bits per heavy atom. The first-order valence-electron chi connectivity index (χ1n) is 11.4. The standard InChI is InChI=1S/C30H15IN2S/c31-33-22-13-6-9-17-19-11-5-10-18-16-7-1-3-12-21(16)32(29(18)19)23-15-25-27(30(33)28(23)26(17)22)20-8-2-4-14-24(20)34-25/h1-15H. The van der Waals surface area contributed by atoms with Crippen LogP contribution < -0.4 is 0 Å². The van der Waals surface area contributed by atoms with Crippen molar-refractivity contribution in [2.75, 3.05) is 0 Å². The molecule has 0 aliphatic rings. The Labute approximate surface area is 211 Å². The number of aromatic nitrogens is 2. The zero-order valence-electron chi connectivity index (χ0n) is 17.8. The molecule has 5 aromatic carbocycles. The Morgan fingerprint density at radius 1 is 0.500 bits per heavy atom. The van der Waals surface area contributed by atoms with Crippen LogP contribution >= 0.6 is 34.2 Å². The zero-order chi connectivity index (χ0) is 22.1. The van der Waals surface area contributed by atoms with Crippen molar-refractivity contribution in [2.45, 2.75) is 0 Å². The van der Waals surface area contributed by atoms with E-state index in [0.717, 1.165) is 0 Å². The van der Waals surface area contributed by atoms with Crippen LogP contribution in [0.1, 0.15) is 0 Å². The monoisotopic (exact) mass is 562 g/mol. The molecule has 0 saturated heterocycles. The van der Waals surface area contributed by atoms with Crippen molar-refractivity contribution >= 4 is 114 Å². The van der Waals surface area contributed by atoms with Crippen LogP contribution in [0, 0.1) is 0 Å². The summed E-state index contributed by atoms with van der Waals surface area (Å²) in [6.07, 6.45) is 0.